The number of fused-ring (bicyclic) bond motifs is 1. The second-order valence-corrected chi connectivity index (χ2v) is 13.7. The molecule has 4 fully saturated rings. The normalized spacial score (nSPS) is 49.9. The van der Waals surface area contributed by atoms with Crippen molar-refractivity contribution in [2.45, 2.75) is 131 Å². The molecule has 4 rings (SSSR count). The van der Waals surface area contributed by atoms with Crippen LogP contribution in [0.4, 0.5) is 0 Å². The number of aliphatic hydroxyl groups is 1. The maximum atomic E-state index is 12.1. The molecule has 11 atom stereocenters. The SMILES string of the molecule is CCCC1C[C@@H](O)CC[C@]1(C)C(C)CC[C@@]1(C)C(C)CC2O[C@@]3(CC[C@H](C)CN3C=O)[C@@H](C)C21. The molecule has 0 bridgehead atoms. The number of likely N-dealkylation sites (tertiary alicyclic amines) is 1. The Morgan fingerprint density at radius 2 is 1.88 bits per heavy atom. The Bertz CT molecular complexity index is 728. The van der Waals surface area contributed by atoms with Crippen LogP contribution in [0, 0.1) is 46.3 Å². The number of amides is 1. The van der Waals surface area contributed by atoms with E-state index in [1.807, 2.05) is 4.90 Å². The van der Waals surface area contributed by atoms with Crippen LogP contribution < -0.4 is 0 Å². The Labute approximate surface area is 209 Å². The number of piperidine rings is 1. The average Bonchev–Trinajstić information content (AvgIpc) is 3.21. The van der Waals surface area contributed by atoms with Gasteiger partial charge >= 0.3 is 0 Å². The van der Waals surface area contributed by atoms with Crippen molar-refractivity contribution in [3.63, 3.8) is 0 Å². The first kappa shape index (κ1) is 26.5. The molecule has 0 aromatic carbocycles. The molecule has 2 aliphatic carbocycles. The van der Waals surface area contributed by atoms with E-state index >= 15 is 0 Å². The molecule has 4 aliphatic rings. The minimum Gasteiger partial charge on any atom is -0.393 e. The van der Waals surface area contributed by atoms with E-state index in [1.165, 1.54) is 25.7 Å². The Morgan fingerprint density at radius 1 is 1.15 bits per heavy atom. The van der Waals surface area contributed by atoms with Gasteiger partial charge in [0.05, 0.1) is 12.2 Å². The van der Waals surface area contributed by atoms with Crippen molar-refractivity contribution < 1.29 is 14.6 Å². The van der Waals surface area contributed by atoms with E-state index in [0.29, 0.717) is 40.9 Å². The van der Waals surface area contributed by atoms with Gasteiger partial charge in [0.25, 0.3) is 0 Å². The van der Waals surface area contributed by atoms with Gasteiger partial charge in [-0.3, -0.25) is 4.79 Å². The Balaban J connectivity index is 1.50. The van der Waals surface area contributed by atoms with Crippen LogP contribution in [0.3, 0.4) is 0 Å². The van der Waals surface area contributed by atoms with Crippen LogP contribution in [0.1, 0.15) is 113 Å². The fourth-order valence-corrected chi connectivity index (χ4v) is 9.22. The number of aliphatic hydroxyl groups excluding tert-OH is 1. The molecule has 196 valence electrons. The summed E-state index contributed by atoms with van der Waals surface area (Å²) in [6.45, 7) is 17.8. The summed E-state index contributed by atoms with van der Waals surface area (Å²) in [4.78, 5) is 14.1. The Morgan fingerprint density at radius 3 is 2.56 bits per heavy atom. The molecule has 34 heavy (non-hydrogen) atoms. The molecule has 5 unspecified atom stereocenters. The van der Waals surface area contributed by atoms with Crippen LogP contribution >= 0.6 is 0 Å². The molecule has 1 amide bonds. The lowest BCUT2D eigenvalue weighted by molar-refractivity contribution is -0.190. The van der Waals surface area contributed by atoms with E-state index in [-0.39, 0.29) is 23.3 Å². The number of hydrogen-bond donors (Lipinski definition) is 1. The molecule has 0 aromatic heterocycles. The zero-order chi connectivity index (χ0) is 24.9. The predicted molar refractivity (Wildman–Crippen MR) is 138 cm³/mol. The molecular formula is C30H53NO3. The molecule has 0 aromatic rings. The van der Waals surface area contributed by atoms with Gasteiger partial charge in [0, 0.05) is 12.5 Å². The van der Waals surface area contributed by atoms with E-state index in [4.69, 9.17) is 4.74 Å². The third-order valence-electron chi connectivity index (χ3n) is 12.0. The van der Waals surface area contributed by atoms with Crippen LogP contribution in [0.25, 0.3) is 0 Å². The Kier molecular flexibility index (Phi) is 7.54. The zero-order valence-electron chi connectivity index (χ0n) is 23.2. The standard InChI is InChI=1S/C30H53NO3/c1-8-9-24-17-25(33)12-14-28(24,6)21(3)11-13-29(7)22(4)16-26-27(29)23(5)30(34-26)15-10-20(2)18-31(30)19-32/h19-27,33H,8-18H2,1-7H3/t20-,21?,22?,23-,24?,25-,26?,27?,28+,29-,30-/m0/s1. The molecular weight excluding hydrogens is 422 g/mol. The average molecular weight is 476 g/mol. The lowest BCUT2D eigenvalue weighted by Gasteiger charge is -2.50. The van der Waals surface area contributed by atoms with Gasteiger partial charge in [0.15, 0.2) is 0 Å². The second kappa shape index (κ2) is 9.69. The van der Waals surface area contributed by atoms with Crippen molar-refractivity contribution in [2.75, 3.05) is 6.54 Å². The van der Waals surface area contributed by atoms with Crippen molar-refractivity contribution in [2.24, 2.45) is 46.3 Å². The minimum atomic E-state index is -0.381. The minimum absolute atomic E-state index is 0.100. The quantitative estimate of drug-likeness (QED) is 0.419. The summed E-state index contributed by atoms with van der Waals surface area (Å²) in [6, 6.07) is 0. The third kappa shape index (κ3) is 4.17. The van der Waals surface area contributed by atoms with Crippen LogP contribution in [-0.2, 0) is 9.53 Å². The number of carbonyl (C=O) groups excluding carboxylic acids is 1. The van der Waals surface area contributed by atoms with Crippen LogP contribution in [-0.4, -0.2) is 40.9 Å². The first-order chi connectivity index (χ1) is 16.0. The molecule has 0 radical (unpaired) electrons. The third-order valence-corrected chi connectivity index (χ3v) is 12.0. The monoisotopic (exact) mass is 475 g/mol. The van der Waals surface area contributed by atoms with Crippen LogP contribution in [0.15, 0.2) is 0 Å². The molecule has 4 heteroatoms. The molecule has 4 nitrogen and oxygen atoms in total. The van der Waals surface area contributed by atoms with E-state index < -0.39 is 0 Å². The topological polar surface area (TPSA) is 49.8 Å². The van der Waals surface area contributed by atoms with Gasteiger partial charge < -0.3 is 14.7 Å². The fourth-order valence-electron chi connectivity index (χ4n) is 9.22. The van der Waals surface area contributed by atoms with Gasteiger partial charge in [-0.1, -0.05) is 61.3 Å². The summed E-state index contributed by atoms with van der Waals surface area (Å²) >= 11 is 0. The van der Waals surface area contributed by atoms with E-state index in [9.17, 15) is 9.90 Å². The van der Waals surface area contributed by atoms with Crippen LogP contribution in [0.2, 0.25) is 0 Å². The van der Waals surface area contributed by atoms with Crippen molar-refractivity contribution in [3.05, 3.63) is 0 Å². The lowest BCUT2D eigenvalue weighted by Crippen LogP contribution is -2.57. The summed E-state index contributed by atoms with van der Waals surface area (Å²) in [5, 5.41) is 10.4. The van der Waals surface area contributed by atoms with Gasteiger partial charge in [0.1, 0.15) is 5.72 Å². The largest absolute Gasteiger partial charge is 0.393 e. The fraction of sp³-hybridized carbons (Fsp3) is 0.967. The highest BCUT2D eigenvalue weighted by molar-refractivity contribution is 5.49. The van der Waals surface area contributed by atoms with Gasteiger partial charge in [-0.15, -0.1) is 0 Å². The summed E-state index contributed by atoms with van der Waals surface area (Å²) < 4.78 is 6.91. The van der Waals surface area contributed by atoms with E-state index in [2.05, 4.69) is 48.5 Å². The van der Waals surface area contributed by atoms with Gasteiger partial charge in [-0.05, 0) is 91.8 Å². The molecule has 1 N–H and O–H groups in total. The first-order valence-electron chi connectivity index (χ1n) is 14.6. The summed E-state index contributed by atoms with van der Waals surface area (Å²) in [5.41, 5.74) is 0.207. The number of nitrogens with zero attached hydrogens (tertiary/aromatic N) is 1. The van der Waals surface area contributed by atoms with Gasteiger partial charge in [0.2, 0.25) is 6.41 Å². The van der Waals surface area contributed by atoms with E-state index in [1.54, 1.807) is 0 Å². The number of hydrogen-bond acceptors (Lipinski definition) is 3. The maximum Gasteiger partial charge on any atom is 0.211 e. The summed E-state index contributed by atoms with van der Waals surface area (Å²) in [7, 11) is 0. The highest BCUT2D eigenvalue weighted by Crippen LogP contribution is 2.63. The lowest BCUT2D eigenvalue weighted by atomic mass is 9.57. The molecule has 2 heterocycles. The highest BCUT2D eigenvalue weighted by atomic mass is 16.5. The van der Waals surface area contributed by atoms with E-state index in [0.717, 1.165) is 51.5 Å². The zero-order valence-corrected chi connectivity index (χ0v) is 23.2. The van der Waals surface area contributed by atoms with Crippen molar-refractivity contribution in [1.29, 1.82) is 0 Å². The van der Waals surface area contributed by atoms with Crippen molar-refractivity contribution in [1.82, 2.24) is 4.90 Å². The second-order valence-electron chi connectivity index (χ2n) is 13.7. The summed E-state index contributed by atoms with van der Waals surface area (Å²) in [5.74, 6) is 3.42. The molecule has 2 saturated heterocycles. The first-order valence-corrected chi connectivity index (χ1v) is 14.6. The molecule has 1 spiro atoms. The predicted octanol–water partition coefficient (Wildman–Crippen LogP) is 6.65. The molecule has 2 aliphatic heterocycles. The van der Waals surface area contributed by atoms with Gasteiger partial charge in [-0.2, -0.15) is 0 Å². The van der Waals surface area contributed by atoms with Crippen molar-refractivity contribution >= 4 is 6.41 Å². The number of carbonyl (C=O) groups is 1. The highest BCUT2D eigenvalue weighted by Gasteiger charge is 2.65. The molecule has 2 saturated carbocycles. The summed E-state index contributed by atoms with van der Waals surface area (Å²) in [6.07, 6.45) is 12.6. The number of rotatable bonds is 7. The number of ether oxygens (including phenoxy) is 1. The Hall–Kier alpha value is -0.610. The van der Waals surface area contributed by atoms with Crippen molar-refractivity contribution in [3.8, 4) is 0 Å². The maximum absolute atomic E-state index is 12.1. The van der Waals surface area contributed by atoms with Gasteiger partial charge in [-0.25, -0.2) is 0 Å². The smallest absolute Gasteiger partial charge is 0.211 e. The van der Waals surface area contributed by atoms with Crippen LogP contribution in [0.5, 0.6) is 0 Å².